The monoisotopic (exact) mass is 390 g/mol. The SMILES string of the molecule is COc1c2c(c(OC)c(C(C)C)c1OC)C1(O)C[C@H]3C(C)(C)CCC[C@@]3(C2)O1. The highest BCUT2D eigenvalue weighted by Crippen LogP contribution is 2.66. The maximum atomic E-state index is 11.8. The van der Waals surface area contributed by atoms with Gasteiger partial charge in [0.2, 0.25) is 0 Å². The summed E-state index contributed by atoms with van der Waals surface area (Å²) in [6.07, 6.45) is 4.53. The Bertz CT molecular complexity index is 799. The zero-order chi connectivity index (χ0) is 20.5. The average molecular weight is 391 g/mol. The lowest BCUT2D eigenvalue weighted by Gasteiger charge is -2.49. The average Bonchev–Trinajstić information content (AvgIpc) is 2.88. The number of benzene rings is 1. The standard InChI is InChI=1S/C23H34O5/c1-13(2)16-19(26-6)17-14(18(25-5)20(16)27-7)11-22-10-8-9-21(3,4)15(22)12-23(17,24)28-22/h13,15,24H,8-12H2,1-7H3/t15-,22-,23?/m0/s1. The fraction of sp³-hybridized carbons (Fsp3) is 0.739. The molecule has 1 aliphatic carbocycles. The molecule has 0 aromatic heterocycles. The molecule has 156 valence electrons. The Morgan fingerprint density at radius 2 is 1.64 bits per heavy atom. The highest BCUT2D eigenvalue weighted by Gasteiger charge is 2.66. The number of methoxy groups -OCH3 is 3. The Kier molecular flexibility index (Phi) is 4.44. The molecule has 2 heterocycles. The van der Waals surface area contributed by atoms with E-state index in [1.165, 1.54) is 0 Å². The van der Waals surface area contributed by atoms with Crippen LogP contribution in [0.15, 0.2) is 0 Å². The maximum absolute atomic E-state index is 11.8. The second-order valence-electron chi connectivity index (χ2n) is 9.75. The minimum atomic E-state index is -1.35. The molecule has 28 heavy (non-hydrogen) atoms. The van der Waals surface area contributed by atoms with Gasteiger partial charge in [-0.3, -0.25) is 0 Å². The van der Waals surface area contributed by atoms with Crippen LogP contribution < -0.4 is 14.2 Å². The van der Waals surface area contributed by atoms with E-state index in [2.05, 4.69) is 27.7 Å². The molecule has 1 saturated carbocycles. The van der Waals surface area contributed by atoms with Crippen LogP contribution in [-0.2, 0) is 16.9 Å². The second kappa shape index (κ2) is 6.27. The van der Waals surface area contributed by atoms with E-state index in [1.54, 1.807) is 21.3 Å². The van der Waals surface area contributed by atoms with Gasteiger partial charge in [-0.25, -0.2) is 0 Å². The molecule has 0 radical (unpaired) electrons. The van der Waals surface area contributed by atoms with Crippen molar-refractivity contribution in [1.29, 1.82) is 0 Å². The molecule has 5 heteroatoms. The Morgan fingerprint density at radius 1 is 1.00 bits per heavy atom. The topological polar surface area (TPSA) is 57.2 Å². The molecule has 3 atom stereocenters. The molecule has 1 aromatic carbocycles. The summed E-state index contributed by atoms with van der Waals surface area (Å²) in [5.41, 5.74) is 2.41. The van der Waals surface area contributed by atoms with Crippen LogP contribution in [0, 0.1) is 11.3 Å². The third kappa shape index (κ3) is 2.45. The molecular formula is C23H34O5. The minimum absolute atomic E-state index is 0.121. The van der Waals surface area contributed by atoms with Gasteiger partial charge >= 0.3 is 0 Å². The molecule has 1 aromatic rings. The zero-order valence-electron chi connectivity index (χ0n) is 18.3. The van der Waals surface area contributed by atoms with Crippen LogP contribution in [0.5, 0.6) is 17.2 Å². The predicted molar refractivity (Wildman–Crippen MR) is 107 cm³/mol. The zero-order valence-corrected chi connectivity index (χ0v) is 18.3. The lowest BCUT2D eigenvalue weighted by atomic mass is 9.60. The van der Waals surface area contributed by atoms with Crippen molar-refractivity contribution in [2.24, 2.45) is 11.3 Å². The van der Waals surface area contributed by atoms with Gasteiger partial charge in [0.15, 0.2) is 17.3 Å². The summed E-state index contributed by atoms with van der Waals surface area (Å²) in [5.74, 6) is 1.18. The van der Waals surface area contributed by atoms with E-state index in [9.17, 15) is 5.11 Å². The molecule has 1 unspecified atom stereocenters. The second-order valence-corrected chi connectivity index (χ2v) is 9.75. The van der Waals surface area contributed by atoms with Crippen LogP contribution in [0.4, 0.5) is 0 Å². The molecule has 0 amide bonds. The third-order valence-corrected chi connectivity index (χ3v) is 7.41. The summed E-state index contributed by atoms with van der Waals surface area (Å²) in [6.45, 7) is 8.81. The number of rotatable bonds is 4. The molecule has 2 bridgehead atoms. The van der Waals surface area contributed by atoms with Crippen LogP contribution >= 0.6 is 0 Å². The first-order chi connectivity index (χ1) is 13.1. The van der Waals surface area contributed by atoms with Crippen LogP contribution in [-0.4, -0.2) is 32.0 Å². The Balaban J connectivity index is 2.03. The van der Waals surface area contributed by atoms with Crippen molar-refractivity contribution in [3.05, 3.63) is 16.7 Å². The van der Waals surface area contributed by atoms with Crippen LogP contribution in [0.3, 0.4) is 0 Å². The Labute approximate surface area is 168 Å². The highest BCUT2D eigenvalue weighted by atomic mass is 16.6. The number of hydrogen-bond acceptors (Lipinski definition) is 5. The quantitative estimate of drug-likeness (QED) is 0.819. The Morgan fingerprint density at radius 3 is 2.21 bits per heavy atom. The molecule has 2 fully saturated rings. The van der Waals surface area contributed by atoms with Crippen LogP contribution in [0.2, 0.25) is 0 Å². The summed E-state index contributed by atoms with van der Waals surface area (Å²) in [6, 6.07) is 0. The van der Waals surface area contributed by atoms with Gasteiger partial charge in [0, 0.05) is 24.0 Å². The van der Waals surface area contributed by atoms with E-state index >= 15 is 0 Å². The van der Waals surface area contributed by atoms with Crippen molar-refractivity contribution in [2.75, 3.05) is 21.3 Å². The van der Waals surface area contributed by atoms with Gasteiger partial charge in [-0.1, -0.05) is 34.1 Å². The van der Waals surface area contributed by atoms with Crippen LogP contribution in [0.1, 0.15) is 76.0 Å². The van der Waals surface area contributed by atoms with E-state index in [1.807, 2.05) is 0 Å². The summed E-state index contributed by atoms with van der Waals surface area (Å²) < 4.78 is 24.1. The molecule has 1 spiro atoms. The van der Waals surface area contributed by atoms with Crippen molar-refractivity contribution in [3.63, 3.8) is 0 Å². The van der Waals surface area contributed by atoms with E-state index in [4.69, 9.17) is 18.9 Å². The van der Waals surface area contributed by atoms with Gasteiger partial charge in [0.05, 0.1) is 32.5 Å². The Hall–Kier alpha value is -1.46. The fourth-order valence-corrected chi connectivity index (χ4v) is 6.33. The molecule has 1 N–H and O–H groups in total. The first kappa shape index (κ1) is 19.8. The van der Waals surface area contributed by atoms with Gasteiger partial charge in [-0.15, -0.1) is 0 Å². The number of ether oxygens (including phenoxy) is 4. The third-order valence-electron chi connectivity index (χ3n) is 7.41. The highest BCUT2D eigenvalue weighted by molar-refractivity contribution is 5.67. The van der Waals surface area contributed by atoms with Gasteiger partial charge < -0.3 is 24.1 Å². The van der Waals surface area contributed by atoms with Crippen LogP contribution in [0.25, 0.3) is 0 Å². The van der Waals surface area contributed by atoms with Gasteiger partial charge in [0.1, 0.15) is 5.75 Å². The molecule has 2 aliphatic heterocycles. The van der Waals surface area contributed by atoms with Gasteiger partial charge in [-0.05, 0) is 30.1 Å². The summed E-state index contributed by atoms with van der Waals surface area (Å²) in [4.78, 5) is 0. The summed E-state index contributed by atoms with van der Waals surface area (Å²) in [5, 5.41) is 11.8. The first-order valence-electron chi connectivity index (χ1n) is 10.4. The lowest BCUT2D eigenvalue weighted by molar-refractivity contribution is -0.250. The van der Waals surface area contributed by atoms with Gasteiger partial charge in [-0.2, -0.15) is 0 Å². The molecule has 4 rings (SSSR count). The van der Waals surface area contributed by atoms with E-state index in [-0.39, 0.29) is 22.9 Å². The normalized spacial score (nSPS) is 32.7. The molecule has 1 saturated heterocycles. The number of fused-ring (bicyclic) bond motifs is 3. The van der Waals surface area contributed by atoms with Crippen molar-refractivity contribution < 1.29 is 24.1 Å². The van der Waals surface area contributed by atoms with E-state index < -0.39 is 5.79 Å². The minimum Gasteiger partial charge on any atom is -0.496 e. The van der Waals surface area contributed by atoms with Crippen molar-refractivity contribution >= 4 is 0 Å². The number of hydrogen-bond donors (Lipinski definition) is 1. The largest absolute Gasteiger partial charge is 0.496 e. The number of aliphatic hydroxyl groups is 1. The fourth-order valence-electron chi connectivity index (χ4n) is 6.33. The van der Waals surface area contributed by atoms with Gasteiger partial charge in [0.25, 0.3) is 0 Å². The van der Waals surface area contributed by atoms with Crippen molar-refractivity contribution in [3.8, 4) is 17.2 Å². The van der Waals surface area contributed by atoms with Crippen molar-refractivity contribution in [1.82, 2.24) is 0 Å². The first-order valence-corrected chi connectivity index (χ1v) is 10.4. The molecule has 5 nitrogen and oxygen atoms in total. The maximum Gasteiger partial charge on any atom is 0.197 e. The van der Waals surface area contributed by atoms with E-state index in [0.717, 1.165) is 36.0 Å². The van der Waals surface area contributed by atoms with Crippen molar-refractivity contribution in [2.45, 2.75) is 77.1 Å². The predicted octanol–water partition coefficient (Wildman–Crippen LogP) is 4.52. The molecular weight excluding hydrogens is 356 g/mol. The smallest absolute Gasteiger partial charge is 0.197 e. The van der Waals surface area contributed by atoms with E-state index in [0.29, 0.717) is 30.1 Å². The lowest BCUT2D eigenvalue weighted by Crippen LogP contribution is -2.50. The summed E-state index contributed by atoms with van der Waals surface area (Å²) >= 11 is 0. The summed E-state index contributed by atoms with van der Waals surface area (Å²) in [7, 11) is 5.01. The molecule has 3 aliphatic rings.